The van der Waals surface area contributed by atoms with Crippen LogP contribution in [0.25, 0.3) is 0 Å². The summed E-state index contributed by atoms with van der Waals surface area (Å²) < 4.78 is 5.51. The Labute approximate surface area is 216 Å². The van der Waals surface area contributed by atoms with Crippen molar-refractivity contribution < 1.29 is 0 Å². The van der Waals surface area contributed by atoms with Crippen LogP contribution in [0.15, 0.2) is 10.1 Å². The van der Waals surface area contributed by atoms with Gasteiger partial charge < -0.3 is 9.13 Å². The van der Waals surface area contributed by atoms with E-state index in [2.05, 4.69) is 36.8 Å². The summed E-state index contributed by atoms with van der Waals surface area (Å²) in [6.45, 7) is 11.2. The molecule has 2 unspecified atom stereocenters. The lowest BCUT2D eigenvalue weighted by atomic mass is 9.95. The van der Waals surface area contributed by atoms with Gasteiger partial charge in [0.05, 0.1) is 0 Å². The van der Waals surface area contributed by atoms with Crippen LogP contribution >= 0.6 is 37.5 Å². The van der Waals surface area contributed by atoms with E-state index in [9.17, 15) is 0 Å². The van der Waals surface area contributed by atoms with E-state index >= 15 is 0 Å². The van der Waals surface area contributed by atoms with Gasteiger partial charge in [-0.05, 0) is 49.7 Å². The fourth-order valence-corrected chi connectivity index (χ4v) is 5.83. The Morgan fingerprint density at radius 3 is 1.25 bits per heavy atom. The molecule has 5 heteroatoms. The summed E-state index contributed by atoms with van der Waals surface area (Å²) in [6, 6.07) is 0. The van der Waals surface area contributed by atoms with Crippen molar-refractivity contribution >= 4 is 37.5 Å². The smallest absolute Gasteiger partial charge is 0.181 e. The van der Waals surface area contributed by atoms with Crippen molar-refractivity contribution in [3.05, 3.63) is 4.77 Å². The van der Waals surface area contributed by atoms with E-state index in [1.54, 1.807) is 0 Å². The van der Waals surface area contributed by atoms with Gasteiger partial charge in [0.2, 0.25) is 0 Å². The molecule has 1 aromatic rings. The Morgan fingerprint density at radius 2 is 0.906 bits per heavy atom. The predicted molar refractivity (Wildman–Crippen MR) is 151 cm³/mol. The molecule has 0 saturated heterocycles. The summed E-state index contributed by atoms with van der Waals surface area (Å²) in [5.74, 6) is 1.39. The summed E-state index contributed by atoms with van der Waals surface area (Å²) in [4.78, 5) is 0. The van der Waals surface area contributed by atoms with Gasteiger partial charge in [-0.25, -0.2) is 0 Å². The van der Waals surface area contributed by atoms with Crippen LogP contribution in [-0.2, 0) is 13.1 Å². The zero-order valence-electron chi connectivity index (χ0n) is 21.6. The second-order valence-electron chi connectivity index (χ2n) is 9.87. The predicted octanol–water partition coefficient (Wildman–Crippen LogP) is 10.2. The van der Waals surface area contributed by atoms with Crippen LogP contribution in [0.3, 0.4) is 0 Å². The van der Waals surface area contributed by atoms with Crippen LogP contribution in [0, 0.1) is 16.6 Å². The van der Waals surface area contributed by atoms with Crippen molar-refractivity contribution in [1.82, 2.24) is 9.13 Å². The quantitative estimate of drug-likeness (QED) is 0.103. The van der Waals surface area contributed by atoms with Gasteiger partial charge in [-0.1, -0.05) is 105 Å². The van der Waals surface area contributed by atoms with Crippen LogP contribution < -0.4 is 0 Å². The Morgan fingerprint density at radius 1 is 0.562 bits per heavy atom. The zero-order chi connectivity index (χ0) is 23.8. The summed E-state index contributed by atoms with van der Waals surface area (Å²) in [7, 11) is 0. The third-order valence-corrected chi connectivity index (χ3v) is 8.44. The monoisotopic (exact) mass is 500 g/mol. The van der Waals surface area contributed by atoms with Crippen LogP contribution in [0.5, 0.6) is 0 Å². The van der Waals surface area contributed by atoms with E-state index in [-0.39, 0.29) is 0 Å². The fraction of sp³-hybridized carbons (Fsp3) is 0.889. The van der Waals surface area contributed by atoms with E-state index in [4.69, 9.17) is 37.5 Å². The minimum Gasteiger partial charge on any atom is -0.311 e. The van der Waals surface area contributed by atoms with Gasteiger partial charge in [-0.2, -0.15) is 0 Å². The van der Waals surface area contributed by atoms with E-state index in [0.29, 0.717) is 11.8 Å². The van der Waals surface area contributed by atoms with Crippen molar-refractivity contribution in [2.75, 3.05) is 0 Å². The first-order valence-electron chi connectivity index (χ1n) is 13.7. The first-order valence-corrected chi connectivity index (χ1v) is 15.0. The van der Waals surface area contributed by atoms with Crippen molar-refractivity contribution in [2.24, 2.45) is 11.8 Å². The maximum Gasteiger partial charge on any atom is 0.181 e. The normalized spacial score (nSPS) is 13.6. The number of rotatable bonds is 20. The highest BCUT2D eigenvalue weighted by atomic mass is 32.1. The molecule has 0 aliphatic carbocycles. The molecule has 2 nitrogen and oxygen atoms in total. The number of thiol groups is 2. The lowest BCUT2D eigenvalue weighted by Gasteiger charge is -2.19. The topological polar surface area (TPSA) is 9.86 Å². The summed E-state index contributed by atoms with van der Waals surface area (Å²) in [6.07, 6.45) is 21.0. The van der Waals surface area contributed by atoms with Gasteiger partial charge >= 0.3 is 0 Å². The first-order chi connectivity index (χ1) is 15.5. The van der Waals surface area contributed by atoms with Crippen molar-refractivity contribution in [3.8, 4) is 0 Å². The zero-order valence-corrected chi connectivity index (χ0v) is 24.2. The molecule has 0 aromatic carbocycles. The summed E-state index contributed by atoms with van der Waals surface area (Å²) in [5, 5.41) is 1.93. The van der Waals surface area contributed by atoms with Gasteiger partial charge in [0, 0.05) is 13.1 Å². The number of nitrogens with zero attached hydrogens (tertiary/aromatic N) is 2. The van der Waals surface area contributed by atoms with Gasteiger partial charge in [0.1, 0.15) is 10.1 Å². The third-order valence-electron chi connectivity index (χ3n) is 6.92. The second-order valence-corrected chi connectivity index (χ2v) is 11.1. The SMILES string of the molecule is CCCCCCC(CCCC)Cn1c(S)c(S)n(CC(CCCC)CCCCCC)c1=S. The highest BCUT2D eigenvalue weighted by Crippen LogP contribution is 2.29. The number of hydrogen-bond acceptors (Lipinski definition) is 3. The van der Waals surface area contributed by atoms with E-state index in [1.807, 2.05) is 0 Å². The van der Waals surface area contributed by atoms with Crippen LogP contribution in [0.4, 0.5) is 0 Å². The molecule has 0 saturated carbocycles. The third kappa shape index (κ3) is 11.0. The second kappa shape index (κ2) is 18.5. The molecule has 0 bridgehead atoms. The maximum absolute atomic E-state index is 6.00. The average molecular weight is 501 g/mol. The molecule has 0 amide bonds. The van der Waals surface area contributed by atoms with Gasteiger partial charge in [-0.3, -0.25) is 0 Å². The van der Waals surface area contributed by atoms with E-state index in [0.717, 1.165) is 27.9 Å². The van der Waals surface area contributed by atoms with E-state index < -0.39 is 0 Å². The molecule has 32 heavy (non-hydrogen) atoms. The molecular formula is C27H52N2S3. The standard InChI is InChI=1S/C27H52N2S3/c1-5-9-13-15-19-23(17-11-7-3)21-28-25(30)26(31)29(27(28)32)22-24(18-12-8-4)20-16-14-10-6-2/h23-24,30-31H,5-22H2,1-4H3. The summed E-state index contributed by atoms with van der Waals surface area (Å²) in [5.41, 5.74) is 0. The lowest BCUT2D eigenvalue weighted by molar-refractivity contribution is 0.341. The Bertz CT molecular complexity index is 598. The molecule has 1 heterocycles. The van der Waals surface area contributed by atoms with Crippen molar-refractivity contribution in [3.63, 3.8) is 0 Å². The van der Waals surface area contributed by atoms with Crippen LogP contribution in [0.2, 0.25) is 0 Å². The Kier molecular flexibility index (Phi) is 17.4. The number of hydrogen-bond donors (Lipinski definition) is 2. The first kappa shape index (κ1) is 30.2. The van der Waals surface area contributed by atoms with Crippen LogP contribution in [0.1, 0.15) is 130 Å². The van der Waals surface area contributed by atoms with Crippen LogP contribution in [-0.4, -0.2) is 9.13 Å². The van der Waals surface area contributed by atoms with E-state index in [1.165, 1.54) is 103 Å². The molecule has 0 N–H and O–H groups in total. The molecule has 0 fully saturated rings. The number of aromatic nitrogens is 2. The Balaban J connectivity index is 2.92. The minimum atomic E-state index is 0.693. The molecule has 1 aromatic heterocycles. The highest BCUT2D eigenvalue weighted by Gasteiger charge is 2.19. The minimum absolute atomic E-state index is 0.693. The van der Waals surface area contributed by atoms with Gasteiger partial charge in [0.25, 0.3) is 0 Å². The molecule has 0 spiro atoms. The summed E-state index contributed by atoms with van der Waals surface area (Å²) >= 11 is 15.8. The molecule has 188 valence electrons. The largest absolute Gasteiger partial charge is 0.311 e. The average Bonchev–Trinajstić information content (AvgIpc) is 2.98. The highest BCUT2D eigenvalue weighted by molar-refractivity contribution is 7.83. The lowest BCUT2D eigenvalue weighted by Crippen LogP contribution is -2.14. The van der Waals surface area contributed by atoms with Gasteiger partial charge in [-0.15, -0.1) is 25.3 Å². The number of imidazole rings is 1. The molecule has 1 rings (SSSR count). The number of unbranched alkanes of at least 4 members (excludes halogenated alkanes) is 8. The van der Waals surface area contributed by atoms with Crippen molar-refractivity contribution in [1.29, 1.82) is 0 Å². The maximum atomic E-state index is 6.00. The molecule has 0 radical (unpaired) electrons. The molecular weight excluding hydrogens is 449 g/mol. The Hall–Kier alpha value is 0.130. The van der Waals surface area contributed by atoms with Gasteiger partial charge in [0.15, 0.2) is 4.77 Å². The molecule has 0 aliphatic heterocycles. The fourth-order valence-electron chi connectivity index (χ4n) is 4.77. The molecule has 2 atom stereocenters. The van der Waals surface area contributed by atoms with Crippen molar-refractivity contribution in [2.45, 2.75) is 154 Å². The molecule has 0 aliphatic rings.